The van der Waals surface area contributed by atoms with Crippen molar-refractivity contribution in [2.75, 3.05) is 36.8 Å². The molecule has 0 amide bonds. The van der Waals surface area contributed by atoms with Gasteiger partial charge in [0.15, 0.2) is 0 Å². The summed E-state index contributed by atoms with van der Waals surface area (Å²) >= 11 is 0. The molecule has 11 nitrogen and oxygen atoms in total. The SMILES string of the molecule is Nc1nc(N2C[C@H]3C[C@@H](N4CCCC4)[C@H](O)C[C@H]3C2)cc(=O)[nH]1.O=CO.O=CO. The molecular formula is C18H29N5O6. The molecule has 162 valence electrons. The Kier molecular flexibility index (Phi) is 8.40. The summed E-state index contributed by atoms with van der Waals surface area (Å²) in [5.74, 6) is 1.86. The first-order valence-electron chi connectivity index (χ1n) is 9.63. The molecule has 4 atom stereocenters. The van der Waals surface area contributed by atoms with Gasteiger partial charge in [-0.1, -0.05) is 0 Å². The number of nitrogens with zero attached hydrogens (tertiary/aromatic N) is 3. The van der Waals surface area contributed by atoms with Crippen LogP contribution in [0.5, 0.6) is 0 Å². The number of likely N-dealkylation sites (tertiary alicyclic amines) is 1. The summed E-state index contributed by atoms with van der Waals surface area (Å²) in [6.45, 7) is 3.49. The molecule has 0 unspecified atom stereocenters. The Bertz CT molecular complexity index is 717. The number of anilines is 2. The van der Waals surface area contributed by atoms with Gasteiger partial charge in [-0.3, -0.25) is 24.3 Å². The van der Waals surface area contributed by atoms with E-state index in [1.165, 1.54) is 18.9 Å². The van der Waals surface area contributed by atoms with Crippen molar-refractivity contribution in [2.24, 2.45) is 11.8 Å². The number of carbonyl (C=O) groups is 2. The first kappa shape index (κ1) is 22.6. The Labute approximate surface area is 168 Å². The largest absolute Gasteiger partial charge is 0.483 e. The molecular weight excluding hydrogens is 382 g/mol. The third-order valence-electron chi connectivity index (χ3n) is 5.79. The molecule has 0 aromatic carbocycles. The average Bonchev–Trinajstić information content (AvgIpc) is 3.31. The number of nitrogens with two attached hydrogens (primary N) is 1. The van der Waals surface area contributed by atoms with Crippen molar-refractivity contribution in [3.63, 3.8) is 0 Å². The molecule has 1 aromatic heterocycles. The van der Waals surface area contributed by atoms with Crippen LogP contribution < -0.4 is 16.2 Å². The zero-order valence-electron chi connectivity index (χ0n) is 16.2. The molecule has 6 N–H and O–H groups in total. The molecule has 0 bridgehead atoms. The Balaban J connectivity index is 0.000000449. The van der Waals surface area contributed by atoms with Gasteiger partial charge in [-0.2, -0.15) is 4.98 Å². The number of fused-ring (bicyclic) bond motifs is 1. The highest BCUT2D eigenvalue weighted by Crippen LogP contribution is 2.40. The summed E-state index contributed by atoms with van der Waals surface area (Å²) in [5.41, 5.74) is 5.45. The smallest absolute Gasteiger partial charge is 0.290 e. The number of nitrogens with one attached hydrogen (secondary N) is 1. The Hall–Kier alpha value is -2.66. The Morgan fingerprint density at radius 3 is 2.21 bits per heavy atom. The lowest BCUT2D eigenvalue weighted by Gasteiger charge is -2.40. The molecule has 0 radical (unpaired) electrons. The van der Waals surface area contributed by atoms with Crippen molar-refractivity contribution < 1.29 is 24.9 Å². The molecule has 1 aliphatic carbocycles. The molecule has 3 heterocycles. The van der Waals surface area contributed by atoms with E-state index in [-0.39, 0.29) is 30.6 Å². The predicted octanol–water partition coefficient (Wildman–Crippen LogP) is -0.575. The van der Waals surface area contributed by atoms with Crippen LogP contribution in [0.3, 0.4) is 0 Å². The third-order valence-corrected chi connectivity index (χ3v) is 5.79. The van der Waals surface area contributed by atoms with Gasteiger partial charge >= 0.3 is 0 Å². The van der Waals surface area contributed by atoms with Crippen molar-refractivity contribution in [3.8, 4) is 0 Å². The Morgan fingerprint density at radius 2 is 1.66 bits per heavy atom. The highest BCUT2D eigenvalue weighted by molar-refractivity contribution is 5.42. The highest BCUT2D eigenvalue weighted by atomic mass is 16.3. The van der Waals surface area contributed by atoms with E-state index >= 15 is 0 Å². The number of nitrogen functional groups attached to an aromatic ring is 1. The number of aliphatic hydroxyl groups is 1. The minimum Gasteiger partial charge on any atom is -0.483 e. The van der Waals surface area contributed by atoms with Crippen LogP contribution in [-0.2, 0) is 9.59 Å². The molecule has 3 fully saturated rings. The fraction of sp³-hybridized carbons (Fsp3) is 0.667. The van der Waals surface area contributed by atoms with E-state index in [1.807, 2.05) is 0 Å². The lowest BCUT2D eigenvalue weighted by molar-refractivity contribution is -0.123. The lowest BCUT2D eigenvalue weighted by Crippen LogP contribution is -2.48. The van der Waals surface area contributed by atoms with Gasteiger partial charge in [-0.15, -0.1) is 0 Å². The minimum atomic E-state index is -0.250. The van der Waals surface area contributed by atoms with E-state index < -0.39 is 0 Å². The van der Waals surface area contributed by atoms with Gasteiger partial charge in [0.25, 0.3) is 18.5 Å². The van der Waals surface area contributed by atoms with Crippen LogP contribution in [0.25, 0.3) is 0 Å². The summed E-state index contributed by atoms with van der Waals surface area (Å²) in [6.07, 6.45) is 4.16. The van der Waals surface area contributed by atoms with Crippen LogP contribution in [0.1, 0.15) is 25.7 Å². The van der Waals surface area contributed by atoms with E-state index in [1.54, 1.807) is 0 Å². The van der Waals surface area contributed by atoms with Gasteiger partial charge in [0, 0.05) is 25.2 Å². The van der Waals surface area contributed by atoms with Crippen LogP contribution in [0.2, 0.25) is 0 Å². The van der Waals surface area contributed by atoms with Gasteiger partial charge in [0.1, 0.15) is 5.82 Å². The van der Waals surface area contributed by atoms with Crippen molar-refractivity contribution in [1.29, 1.82) is 0 Å². The van der Waals surface area contributed by atoms with E-state index in [9.17, 15) is 9.90 Å². The zero-order valence-corrected chi connectivity index (χ0v) is 16.2. The predicted molar refractivity (Wildman–Crippen MR) is 106 cm³/mol. The molecule has 1 aromatic rings. The molecule has 4 rings (SSSR count). The summed E-state index contributed by atoms with van der Waals surface area (Å²) in [7, 11) is 0. The second kappa shape index (κ2) is 10.8. The maximum atomic E-state index is 11.6. The Morgan fingerprint density at radius 1 is 1.10 bits per heavy atom. The lowest BCUT2D eigenvalue weighted by atomic mass is 9.77. The fourth-order valence-corrected chi connectivity index (χ4v) is 4.69. The number of aromatic amines is 1. The summed E-state index contributed by atoms with van der Waals surface area (Å²) in [5, 5.41) is 24.3. The van der Waals surface area contributed by atoms with E-state index in [4.69, 9.17) is 25.5 Å². The molecule has 29 heavy (non-hydrogen) atoms. The van der Waals surface area contributed by atoms with E-state index in [0.29, 0.717) is 23.7 Å². The average molecular weight is 411 g/mol. The van der Waals surface area contributed by atoms with E-state index in [0.717, 1.165) is 39.0 Å². The monoisotopic (exact) mass is 411 g/mol. The van der Waals surface area contributed by atoms with Crippen LogP contribution in [0.4, 0.5) is 11.8 Å². The minimum absolute atomic E-state index is 0.164. The third kappa shape index (κ3) is 5.91. The highest BCUT2D eigenvalue weighted by Gasteiger charge is 2.44. The molecule has 0 spiro atoms. The number of aromatic nitrogens is 2. The van der Waals surface area contributed by atoms with Crippen LogP contribution in [-0.4, -0.2) is 81.5 Å². The number of carboxylic acid groups (broad SMARTS) is 2. The normalized spacial score (nSPS) is 28.4. The van der Waals surface area contributed by atoms with Gasteiger partial charge in [-0.25, -0.2) is 0 Å². The number of H-pyrrole nitrogens is 1. The number of hydrogen-bond acceptors (Lipinski definition) is 8. The maximum Gasteiger partial charge on any atom is 0.290 e. The van der Waals surface area contributed by atoms with Gasteiger partial charge < -0.3 is 26.0 Å². The fourth-order valence-electron chi connectivity index (χ4n) is 4.69. The van der Waals surface area contributed by atoms with Crippen molar-refractivity contribution in [2.45, 2.75) is 37.8 Å². The van der Waals surface area contributed by atoms with Crippen molar-refractivity contribution in [3.05, 3.63) is 16.4 Å². The van der Waals surface area contributed by atoms with Gasteiger partial charge in [0.05, 0.1) is 6.10 Å². The maximum absolute atomic E-state index is 11.6. The number of aliphatic hydroxyl groups excluding tert-OH is 1. The number of hydrogen-bond donors (Lipinski definition) is 5. The standard InChI is InChI=1S/C16H25N5O2.2CH2O2/c17-16-18-14(7-15(23)19-16)21-8-10-5-12(20-3-1-2-4-20)13(22)6-11(10)9-21;2*2-1-3/h7,10-13,22H,1-6,8-9H2,(H3,17,18,19,23);2*1H,(H,2,3)/t10-,11+,12-,13-;;/m1../s1. The van der Waals surface area contributed by atoms with Gasteiger partial charge in [-0.05, 0) is 50.6 Å². The van der Waals surface area contributed by atoms with E-state index in [2.05, 4.69) is 19.8 Å². The van der Waals surface area contributed by atoms with Gasteiger partial charge in [0.2, 0.25) is 5.95 Å². The molecule has 3 aliphatic rings. The zero-order chi connectivity index (χ0) is 21.4. The molecule has 11 heteroatoms. The summed E-state index contributed by atoms with van der Waals surface area (Å²) in [4.78, 5) is 39.7. The molecule has 2 saturated heterocycles. The summed E-state index contributed by atoms with van der Waals surface area (Å²) in [6, 6.07) is 1.82. The summed E-state index contributed by atoms with van der Waals surface area (Å²) < 4.78 is 0. The second-order valence-electron chi connectivity index (χ2n) is 7.47. The van der Waals surface area contributed by atoms with Crippen molar-refractivity contribution >= 4 is 24.7 Å². The van der Waals surface area contributed by atoms with Crippen LogP contribution in [0, 0.1) is 11.8 Å². The number of rotatable bonds is 2. The molecule has 1 saturated carbocycles. The molecule has 2 aliphatic heterocycles. The van der Waals surface area contributed by atoms with Crippen LogP contribution >= 0.6 is 0 Å². The quantitative estimate of drug-likeness (QED) is 0.396. The first-order valence-corrected chi connectivity index (χ1v) is 9.63. The topological polar surface area (TPSA) is 173 Å². The second-order valence-corrected chi connectivity index (χ2v) is 7.47. The van der Waals surface area contributed by atoms with Crippen LogP contribution in [0.15, 0.2) is 10.9 Å². The van der Waals surface area contributed by atoms with Crippen molar-refractivity contribution in [1.82, 2.24) is 14.9 Å². The first-order chi connectivity index (χ1) is 13.9.